The van der Waals surface area contributed by atoms with E-state index in [1.165, 1.54) is 6.07 Å². The molecular formula is C17H10O5. The van der Waals surface area contributed by atoms with Crippen molar-refractivity contribution in [1.82, 2.24) is 0 Å². The lowest BCUT2D eigenvalue weighted by atomic mass is 9.85. The van der Waals surface area contributed by atoms with Crippen LogP contribution in [0.15, 0.2) is 34.7 Å². The van der Waals surface area contributed by atoms with E-state index in [9.17, 15) is 19.8 Å². The maximum atomic E-state index is 12.6. The molecule has 5 heteroatoms. The molecule has 4 rings (SSSR count). The molecule has 0 bridgehead atoms. The fourth-order valence-corrected chi connectivity index (χ4v) is 2.94. The molecular weight excluding hydrogens is 284 g/mol. The van der Waals surface area contributed by atoms with Gasteiger partial charge in [0.15, 0.2) is 5.76 Å². The first-order valence-corrected chi connectivity index (χ1v) is 6.67. The van der Waals surface area contributed by atoms with Crippen molar-refractivity contribution in [3.63, 3.8) is 0 Å². The van der Waals surface area contributed by atoms with Crippen LogP contribution in [0.25, 0.3) is 10.8 Å². The average molecular weight is 294 g/mol. The molecule has 0 aliphatic heterocycles. The topological polar surface area (TPSA) is 87.7 Å². The zero-order valence-electron chi connectivity index (χ0n) is 11.5. The number of rotatable bonds is 0. The maximum Gasteiger partial charge on any atom is 0.233 e. The Labute approximate surface area is 124 Å². The number of furan rings is 1. The monoisotopic (exact) mass is 294 g/mol. The zero-order chi connectivity index (χ0) is 15.6. The summed E-state index contributed by atoms with van der Waals surface area (Å²) in [4.78, 5) is 25.2. The lowest BCUT2D eigenvalue weighted by molar-refractivity contribution is 0.0955. The van der Waals surface area contributed by atoms with E-state index in [0.29, 0.717) is 16.5 Å². The Morgan fingerprint density at radius 3 is 2.05 bits per heavy atom. The van der Waals surface area contributed by atoms with Crippen LogP contribution < -0.4 is 0 Å². The van der Waals surface area contributed by atoms with E-state index in [1.807, 2.05) is 0 Å². The summed E-state index contributed by atoms with van der Waals surface area (Å²) in [7, 11) is 0. The van der Waals surface area contributed by atoms with E-state index in [1.54, 1.807) is 31.2 Å². The summed E-state index contributed by atoms with van der Waals surface area (Å²) in [5.41, 5.74) is -0.266. The average Bonchev–Trinajstić information content (AvgIpc) is 2.91. The normalized spacial score (nSPS) is 13.3. The predicted octanol–water partition coefficient (Wildman–Crippen LogP) is 2.93. The number of hydrogen-bond acceptors (Lipinski definition) is 5. The molecule has 22 heavy (non-hydrogen) atoms. The molecule has 1 heterocycles. The number of ketones is 2. The molecule has 108 valence electrons. The van der Waals surface area contributed by atoms with E-state index in [0.717, 1.165) is 0 Å². The zero-order valence-corrected chi connectivity index (χ0v) is 11.5. The smallest absolute Gasteiger partial charge is 0.233 e. The Morgan fingerprint density at radius 1 is 0.909 bits per heavy atom. The van der Waals surface area contributed by atoms with Gasteiger partial charge in [-0.1, -0.05) is 24.3 Å². The third-order valence-corrected chi connectivity index (χ3v) is 3.92. The Balaban J connectivity index is 2.19. The standard InChI is InChI=1S/C17H10O5/c1-7-6-10-15(20)11-12(16(21)17(10)22-7)14(19)9-5-3-2-4-8(9)13(11)18/h2-6,18-19H,1H3. The number of phenolic OH excluding ortho intramolecular Hbond substituents is 2. The van der Waals surface area contributed by atoms with E-state index >= 15 is 0 Å². The highest BCUT2D eigenvalue weighted by Gasteiger charge is 2.38. The van der Waals surface area contributed by atoms with E-state index in [-0.39, 0.29) is 33.9 Å². The Hall–Kier alpha value is -3.08. The van der Waals surface area contributed by atoms with Crippen LogP contribution in [0.5, 0.6) is 11.5 Å². The fraction of sp³-hybridized carbons (Fsp3) is 0.0588. The highest BCUT2D eigenvalue weighted by Crippen LogP contribution is 2.44. The molecule has 0 saturated carbocycles. The summed E-state index contributed by atoms with van der Waals surface area (Å²) in [6.45, 7) is 1.62. The Bertz CT molecular complexity index is 916. The molecule has 3 aromatic rings. The summed E-state index contributed by atoms with van der Waals surface area (Å²) in [5, 5.41) is 21.5. The number of aromatic hydroxyl groups is 2. The predicted molar refractivity (Wildman–Crippen MR) is 77.6 cm³/mol. The van der Waals surface area contributed by atoms with Gasteiger partial charge in [0.1, 0.15) is 17.3 Å². The highest BCUT2D eigenvalue weighted by atomic mass is 16.3. The van der Waals surface area contributed by atoms with E-state index in [2.05, 4.69) is 0 Å². The van der Waals surface area contributed by atoms with Gasteiger partial charge in [0, 0.05) is 10.8 Å². The van der Waals surface area contributed by atoms with Crippen molar-refractivity contribution in [2.75, 3.05) is 0 Å². The first kappa shape index (κ1) is 12.6. The molecule has 0 radical (unpaired) electrons. The number of carbonyl (C=O) groups is 2. The third kappa shape index (κ3) is 1.37. The minimum atomic E-state index is -0.601. The molecule has 2 aromatic carbocycles. The molecule has 0 fully saturated rings. The molecule has 0 spiro atoms. The van der Waals surface area contributed by atoms with Crippen molar-refractivity contribution in [3.8, 4) is 11.5 Å². The van der Waals surface area contributed by atoms with Gasteiger partial charge in [-0.15, -0.1) is 0 Å². The number of aryl methyl sites for hydroxylation is 1. The van der Waals surface area contributed by atoms with Gasteiger partial charge in [-0.2, -0.15) is 0 Å². The van der Waals surface area contributed by atoms with E-state index in [4.69, 9.17) is 4.42 Å². The molecule has 1 aromatic heterocycles. The molecule has 0 saturated heterocycles. The SMILES string of the molecule is Cc1cc2c(o1)C(=O)c1c(c(O)c3ccccc3c1O)C2=O. The van der Waals surface area contributed by atoms with Crippen LogP contribution in [0.2, 0.25) is 0 Å². The number of hydrogen-bond donors (Lipinski definition) is 2. The van der Waals surface area contributed by atoms with Crippen molar-refractivity contribution in [2.45, 2.75) is 6.92 Å². The molecule has 0 unspecified atom stereocenters. The second-order valence-corrected chi connectivity index (χ2v) is 5.25. The van der Waals surface area contributed by atoms with E-state index < -0.39 is 11.6 Å². The van der Waals surface area contributed by atoms with Crippen LogP contribution in [-0.2, 0) is 0 Å². The van der Waals surface area contributed by atoms with Crippen LogP contribution in [0.4, 0.5) is 0 Å². The fourth-order valence-electron chi connectivity index (χ4n) is 2.94. The highest BCUT2D eigenvalue weighted by molar-refractivity contribution is 6.31. The maximum absolute atomic E-state index is 12.6. The first-order valence-electron chi connectivity index (χ1n) is 6.67. The minimum Gasteiger partial charge on any atom is -0.506 e. The van der Waals surface area contributed by atoms with Gasteiger partial charge in [0.25, 0.3) is 0 Å². The lowest BCUT2D eigenvalue weighted by Crippen LogP contribution is -2.19. The van der Waals surface area contributed by atoms with Crippen LogP contribution in [0, 0.1) is 6.92 Å². The van der Waals surface area contributed by atoms with Crippen molar-refractivity contribution in [1.29, 1.82) is 0 Å². The Morgan fingerprint density at radius 2 is 1.45 bits per heavy atom. The van der Waals surface area contributed by atoms with Crippen LogP contribution in [0.3, 0.4) is 0 Å². The second-order valence-electron chi connectivity index (χ2n) is 5.25. The molecule has 1 aliphatic carbocycles. The number of phenols is 2. The lowest BCUT2D eigenvalue weighted by Gasteiger charge is -2.18. The third-order valence-electron chi connectivity index (χ3n) is 3.92. The summed E-state index contributed by atoms with van der Waals surface area (Å²) in [6.07, 6.45) is 0. The summed E-state index contributed by atoms with van der Waals surface area (Å²) in [5.74, 6) is -1.42. The number of benzene rings is 2. The summed E-state index contributed by atoms with van der Waals surface area (Å²) < 4.78 is 5.29. The van der Waals surface area contributed by atoms with Crippen molar-refractivity contribution < 1.29 is 24.2 Å². The van der Waals surface area contributed by atoms with Gasteiger partial charge in [0.2, 0.25) is 11.6 Å². The quantitative estimate of drug-likeness (QED) is 0.487. The molecule has 2 N–H and O–H groups in total. The molecule has 5 nitrogen and oxygen atoms in total. The number of carbonyl (C=O) groups excluding carboxylic acids is 2. The Kier molecular flexibility index (Phi) is 2.29. The molecule has 1 aliphatic rings. The van der Waals surface area contributed by atoms with Gasteiger partial charge in [-0.3, -0.25) is 9.59 Å². The van der Waals surface area contributed by atoms with Gasteiger partial charge in [0.05, 0.1) is 16.7 Å². The largest absolute Gasteiger partial charge is 0.506 e. The van der Waals surface area contributed by atoms with Gasteiger partial charge >= 0.3 is 0 Å². The summed E-state index contributed by atoms with van der Waals surface area (Å²) in [6, 6.07) is 7.97. The van der Waals surface area contributed by atoms with Crippen LogP contribution >= 0.6 is 0 Å². The minimum absolute atomic E-state index is 0.0972. The van der Waals surface area contributed by atoms with Gasteiger partial charge < -0.3 is 14.6 Å². The summed E-state index contributed by atoms with van der Waals surface area (Å²) >= 11 is 0. The first-order chi connectivity index (χ1) is 10.5. The van der Waals surface area contributed by atoms with Crippen LogP contribution in [0.1, 0.15) is 37.8 Å². The number of fused-ring (bicyclic) bond motifs is 3. The van der Waals surface area contributed by atoms with Crippen LogP contribution in [-0.4, -0.2) is 21.8 Å². The second kappa shape index (κ2) is 3.98. The van der Waals surface area contributed by atoms with Gasteiger partial charge in [-0.05, 0) is 13.0 Å². The molecule has 0 atom stereocenters. The van der Waals surface area contributed by atoms with Gasteiger partial charge in [-0.25, -0.2) is 0 Å². The van der Waals surface area contributed by atoms with Crippen molar-refractivity contribution >= 4 is 22.3 Å². The van der Waals surface area contributed by atoms with Crippen molar-refractivity contribution in [3.05, 3.63) is 58.5 Å². The molecule has 0 amide bonds. The van der Waals surface area contributed by atoms with Crippen molar-refractivity contribution in [2.24, 2.45) is 0 Å².